The summed E-state index contributed by atoms with van der Waals surface area (Å²) in [6, 6.07) is 6.19. The van der Waals surface area contributed by atoms with Gasteiger partial charge in [-0.2, -0.15) is 0 Å². The topological polar surface area (TPSA) is 50.8 Å². The predicted molar refractivity (Wildman–Crippen MR) is 95.9 cm³/mol. The molecule has 1 fully saturated rings. The molecule has 0 spiro atoms. The first-order valence-electron chi connectivity index (χ1n) is 8.81. The van der Waals surface area contributed by atoms with E-state index in [2.05, 4.69) is 24.4 Å². The Hall–Kier alpha value is -1.91. The van der Waals surface area contributed by atoms with Gasteiger partial charge in [0, 0.05) is 20.1 Å². The maximum absolute atomic E-state index is 12.0. The predicted octanol–water partition coefficient (Wildman–Crippen LogP) is 3.64. The molecule has 0 bridgehead atoms. The smallest absolute Gasteiger partial charge is 0.317 e. The van der Waals surface area contributed by atoms with E-state index in [9.17, 15) is 4.79 Å². The first kappa shape index (κ1) is 18.4. The van der Waals surface area contributed by atoms with E-state index in [4.69, 9.17) is 9.47 Å². The number of rotatable bonds is 9. The van der Waals surface area contributed by atoms with Crippen molar-refractivity contribution in [3.8, 4) is 11.5 Å². The molecular formula is C19H30N2O3. The third-order valence-corrected chi connectivity index (χ3v) is 4.68. The Bertz CT molecular complexity index is 543. The van der Waals surface area contributed by atoms with Crippen LogP contribution in [-0.2, 0) is 0 Å². The fraction of sp³-hybridized carbons (Fsp3) is 0.632. The van der Waals surface area contributed by atoms with Gasteiger partial charge in [0.1, 0.15) is 0 Å². The maximum atomic E-state index is 12.0. The Morgan fingerprint density at radius 1 is 1.29 bits per heavy atom. The Kier molecular flexibility index (Phi) is 6.76. The molecule has 0 radical (unpaired) electrons. The fourth-order valence-corrected chi connectivity index (χ4v) is 3.06. The van der Waals surface area contributed by atoms with E-state index < -0.39 is 0 Å². The van der Waals surface area contributed by atoms with Crippen molar-refractivity contribution in [1.29, 1.82) is 0 Å². The van der Waals surface area contributed by atoms with Crippen LogP contribution in [0.4, 0.5) is 4.79 Å². The highest BCUT2D eigenvalue weighted by atomic mass is 16.5. The number of carbonyl (C=O) groups is 1. The Balaban J connectivity index is 2.01. The molecule has 1 N–H and O–H groups in total. The number of benzene rings is 1. The first-order valence-corrected chi connectivity index (χ1v) is 8.81. The number of amides is 2. The van der Waals surface area contributed by atoms with Crippen LogP contribution in [0, 0.1) is 5.92 Å². The standard InChI is InChI=1S/C19H30N2O3/c1-5-11-20-19(22)21(2)12-10-16(14-6-7-14)15-8-9-17(23-3)18(13-15)24-4/h8-9,13-14,16H,5-7,10-12H2,1-4H3,(H,20,22). The molecule has 1 saturated carbocycles. The molecule has 0 aromatic heterocycles. The van der Waals surface area contributed by atoms with Crippen LogP contribution in [-0.4, -0.2) is 45.3 Å². The number of nitrogens with one attached hydrogen (secondary N) is 1. The van der Waals surface area contributed by atoms with Gasteiger partial charge in [-0.25, -0.2) is 4.79 Å². The summed E-state index contributed by atoms with van der Waals surface area (Å²) in [6.07, 6.45) is 4.46. The third-order valence-electron chi connectivity index (χ3n) is 4.68. The molecule has 1 atom stereocenters. The summed E-state index contributed by atoms with van der Waals surface area (Å²) >= 11 is 0. The zero-order valence-corrected chi connectivity index (χ0v) is 15.3. The van der Waals surface area contributed by atoms with Crippen LogP contribution < -0.4 is 14.8 Å². The summed E-state index contributed by atoms with van der Waals surface area (Å²) in [5.74, 6) is 2.71. The van der Waals surface area contributed by atoms with Crippen molar-refractivity contribution in [3.63, 3.8) is 0 Å². The molecule has 1 aromatic carbocycles. The first-order chi connectivity index (χ1) is 11.6. The lowest BCUT2D eigenvalue weighted by Crippen LogP contribution is -2.38. The van der Waals surface area contributed by atoms with Gasteiger partial charge in [0.05, 0.1) is 14.2 Å². The van der Waals surface area contributed by atoms with Crippen LogP contribution in [0.3, 0.4) is 0 Å². The lowest BCUT2D eigenvalue weighted by Gasteiger charge is -2.23. The molecule has 5 heteroatoms. The van der Waals surface area contributed by atoms with Gasteiger partial charge in [0.15, 0.2) is 11.5 Å². The molecule has 2 amide bonds. The lowest BCUT2D eigenvalue weighted by atomic mass is 9.90. The van der Waals surface area contributed by atoms with E-state index in [-0.39, 0.29) is 6.03 Å². The van der Waals surface area contributed by atoms with E-state index in [0.29, 0.717) is 5.92 Å². The van der Waals surface area contributed by atoms with Crippen molar-refractivity contribution in [2.75, 3.05) is 34.4 Å². The van der Waals surface area contributed by atoms with Crippen LogP contribution in [0.5, 0.6) is 11.5 Å². The number of hydrogen-bond acceptors (Lipinski definition) is 3. The second-order valence-electron chi connectivity index (χ2n) is 6.50. The van der Waals surface area contributed by atoms with Crippen molar-refractivity contribution in [2.24, 2.45) is 5.92 Å². The molecule has 5 nitrogen and oxygen atoms in total. The zero-order chi connectivity index (χ0) is 17.5. The average Bonchev–Trinajstić information content (AvgIpc) is 3.44. The molecular weight excluding hydrogens is 304 g/mol. The van der Waals surface area contributed by atoms with Crippen molar-refractivity contribution in [1.82, 2.24) is 10.2 Å². The molecule has 0 saturated heterocycles. The Labute approximate surface area is 145 Å². The van der Waals surface area contributed by atoms with E-state index in [0.717, 1.165) is 43.3 Å². The summed E-state index contributed by atoms with van der Waals surface area (Å²) in [6.45, 7) is 3.54. The quantitative estimate of drug-likeness (QED) is 0.750. The molecule has 24 heavy (non-hydrogen) atoms. The van der Waals surface area contributed by atoms with Gasteiger partial charge in [-0.05, 0) is 55.2 Å². The van der Waals surface area contributed by atoms with Gasteiger partial charge in [0.25, 0.3) is 0 Å². The van der Waals surface area contributed by atoms with Gasteiger partial charge >= 0.3 is 6.03 Å². The number of carbonyl (C=O) groups excluding carboxylic acids is 1. The minimum atomic E-state index is 0.0127. The Morgan fingerprint density at radius 3 is 2.58 bits per heavy atom. The summed E-state index contributed by atoms with van der Waals surface area (Å²) < 4.78 is 10.8. The van der Waals surface area contributed by atoms with E-state index in [1.807, 2.05) is 13.1 Å². The summed E-state index contributed by atoms with van der Waals surface area (Å²) in [5.41, 5.74) is 1.28. The van der Waals surface area contributed by atoms with Crippen molar-refractivity contribution in [2.45, 2.75) is 38.5 Å². The molecule has 2 rings (SSSR count). The highest BCUT2D eigenvalue weighted by molar-refractivity contribution is 5.73. The van der Waals surface area contributed by atoms with E-state index in [1.165, 1.54) is 18.4 Å². The monoisotopic (exact) mass is 334 g/mol. The number of hydrogen-bond donors (Lipinski definition) is 1. The average molecular weight is 334 g/mol. The van der Waals surface area contributed by atoms with Crippen LogP contribution in [0.25, 0.3) is 0 Å². The minimum Gasteiger partial charge on any atom is -0.493 e. The second kappa shape index (κ2) is 8.81. The second-order valence-corrected chi connectivity index (χ2v) is 6.50. The number of urea groups is 1. The van der Waals surface area contributed by atoms with Crippen LogP contribution in [0.2, 0.25) is 0 Å². The van der Waals surface area contributed by atoms with Crippen LogP contribution in [0.1, 0.15) is 44.1 Å². The highest BCUT2D eigenvalue weighted by Gasteiger charge is 2.32. The Morgan fingerprint density at radius 2 is 2.00 bits per heavy atom. The van der Waals surface area contributed by atoms with Gasteiger partial charge in [-0.1, -0.05) is 13.0 Å². The van der Waals surface area contributed by atoms with Crippen molar-refractivity contribution >= 4 is 6.03 Å². The van der Waals surface area contributed by atoms with Crippen LogP contribution in [0.15, 0.2) is 18.2 Å². The van der Waals surface area contributed by atoms with Crippen molar-refractivity contribution < 1.29 is 14.3 Å². The molecule has 0 heterocycles. The summed E-state index contributed by atoms with van der Waals surface area (Å²) in [5, 5.41) is 2.92. The number of nitrogens with zero attached hydrogens (tertiary/aromatic N) is 1. The van der Waals surface area contributed by atoms with Gasteiger partial charge in [-0.3, -0.25) is 0 Å². The van der Waals surface area contributed by atoms with Gasteiger partial charge < -0.3 is 19.7 Å². The largest absolute Gasteiger partial charge is 0.493 e. The highest BCUT2D eigenvalue weighted by Crippen LogP contribution is 2.46. The van der Waals surface area contributed by atoms with E-state index in [1.54, 1.807) is 19.1 Å². The molecule has 0 aliphatic heterocycles. The minimum absolute atomic E-state index is 0.0127. The molecule has 134 valence electrons. The maximum Gasteiger partial charge on any atom is 0.317 e. The van der Waals surface area contributed by atoms with E-state index >= 15 is 0 Å². The number of methoxy groups -OCH3 is 2. The molecule has 1 aliphatic rings. The van der Waals surface area contributed by atoms with Crippen molar-refractivity contribution in [3.05, 3.63) is 23.8 Å². The molecule has 1 aliphatic carbocycles. The zero-order valence-electron chi connectivity index (χ0n) is 15.3. The lowest BCUT2D eigenvalue weighted by molar-refractivity contribution is 0.206. The van der Waals surface area contributed by atoms with Crippen LogP contribution >= 0.6 is 0 Å². The summed E-state index contributed by atoms with van der Waals surface area (Å²) in [4.78, 5) is 13.8. The molecule has 1 aromatic rings. The third kappa shape index (κ3) is 4.79. The normalized spacial score (nSPS) is 14.8. The SMILES string of the molecule is CCCNC(=O)N(C)CCC(c1ccc(OC)c(OC)c1)C1CC1. The van der Waals surface area contributed by atoms with Gasteiger partial charge in [0.2, 0.25) is 0 Å². The summed E-state index contributed by atoms with van der Waals surface area (Å²) in [7, 11) is 5.18. The number of ether oxygens (including phenoxy) is 2. The van der Waals surface area contributed by atoms with Gasteiger partial charge in [-0.15, -0.1) is 0 Å². The molecule has 1 unspecified atom stereocenters. The fourth-order valence-electron chi connectivity index (χ4n) is 3.06.